The molecule has 0 saturated heterocycles. The summed E-state index contributed by atoms with van der Waals surface area (Å²) in [6, 6.07) is 13.2. The quantitative estimate of drug-likeness (QED) is 0.534. The number of fused-ring (bicyclic) bond motifs is 2. The number of aromatic nitrogens is 3. The van der Waals surface area contributed by atoms with Crippen molar-refractivity contribution in [2.75, 3.05) is 0 Å². The molecule has 0 atom stereocenters. The molecule has 0 amide bonds. The lowest BCUT2D eigenvalue weighted by molar-refractivity contribution is 0.954. The van der Waals surface area contributed by atoms with Gasteiger partial charge in [0.15, 0.2) is 5.82 Å². The van der Waals surface area contributed by atoms with E-state index in [1.165, 1.54) is 0 Å². The van der Waals surface area contributed by atoms with Crippen LogP contribution in [0.3, 0.4) is 0 Å². The van der Waals surface area contributed by atoms with Gasteiger partial charge in [0, 0.05) is 10.4 Å². The van der Waals surface area contributed by atoms with Crippen LogP contribution in [0.5, 0.6) is 0 Å². The van der Waals surface area contributed by atoms with E-state index in [4.69, 9.17) is 11.6 Å². The van der Waals surface area contributed by atoms with Gasteiger partial charge in [0.1, 0.15) is 0 Å². The fraction of sp³-hybridized carbons (Fsp3) is 0.105. The SMILES string of the molecule is Cc1ccc(-n2c3nc(=O)[nH]c(=O)c-3cc3c(Cl)cccc32)c(C)c1. The Labute approximate surface area is 147 Å². The molecule has 1 N–H and O–H groups in total. The molecule has 0 aromatic heterocycles. The number of hydrogen-bond donors (Lipinski definition) is 1. The van der Waals surface area contributed by atoms with Crippen molar-refractivity contribution >= 4 is 22.5 Å². The molecule has 0 radical (unpaired) electrons. The second-order valence-electron chi connectivity index (χ2n) is 6.05. The maximum atomic E-state index is 12.3. The summed E-state index contributed by atoms with van der Waals surface area (Å²) in [7, 11) is 0. The number of aryl methyl sites for hydroxylation is 2. The fourth-order valence-corrected chi connectivity index (χ4v) is 3.40. The van der Waals surface area contributed by atoms with Crippen LogP contribution in [0.4, 0.5) is 0 Å². The highest BCUT2D eigenvalue weighted by molar-refractivity contribution is 6.35. The predicted octanol–water partition coefficient (Wildman–Crippen LogP) is 3.45. The highest BCUT2D eigenvalue weighted by Crippen LogP contribution is 2.32. The first kappa shape index (κ1) is 15.6. The molecular weight excluding hydrogens is 338 g/mol. The van der Waals surface area contributed by atoms with Crippen LogP contribution < -0.4 is 11.2 Å². The van der Waals surface area contributed by atoms with Gasteiger partial charge in [-0.05, 0) is 43.7 Å². The van der Waals surface area contributed by atoms with E-state index >= 15 is 0 Å². The lowest BCUT2D eigenvalue weighted by Gasteiger charge is -2.19. The summed E-state index contributed by atoms with van der Waals surface area (Å²) in [4.78, 5) is 30.4. The van der Waals surface area contributed by atoms with Gasteiger partial charge in [-0.15, -0.1) is 0 Å². The molecule has 4 rings (SSSR count). The third kappa shape index (κ3) is 2.44. The number of benzene rings is 2. The van der Waals surface area contributed by atoms with Gasteiger partial charge in [-0.3, -0.25) is 14.3 Å². The fourth-order valence-electron chi connectivity index (χ4n) is 3.17. The van der Waals surface area contributed by atoms with Gasteiger partial charge in [-0.1, -0.05) is 35.4 Å². The largest absolute Gasteiger partial charge is 0.349 e. The first-order chi connectivity index (χ1) is 12.0. The van der Waals surface area contributed by atoms with Crippen LogP contribution in [0.25, 0.3) is 28.0 Å². The molecule has 0 bridgehead atoms. The zero-order valence-corrected chi connectivity index (χ0v) is 14.4. The first-order valence-corrected chi connectivity index (χ1v) is 8.15. The Morgan fingerprint density at radius 3 is 2.64 bits per heavy atom. The average molecular weight is 352 g/mol. The highest BCUT2D eigenvalue weighted by atomic mass is 35.5. The molecule has 0 fully saturated rings. The summed E-state index contributed by atoms with van der Waals surface area (Å²) >= 11 is 6.36. The molecule has 0 unspecified atom stereocenters. The normalized spacial score (nSPS) is 11.3. The van der Waals surface area contributed by atoms with Gasteiger partial charge in [-0.25, -0.2) is 4.79 Å². The van der Waals surface area contributed by atoms with Crippen molar-refractivity contribution in [2.24, 2.45) is 0 Å². The number of aromatic amines is 1. The molecular formula is C19H14ClN3O2. The van der Waals surface area contributed by atoms with Crippen LogP contribution in [0, 0.1) is 13.8 Å². The third-order valence-electron chi connectivity index (χ3n) is 4.28. The molecule has 6 heteroatoms. The summed E-state index contributed by atoms with van der Waals surface area (Å²) in [6.07, 6.45) is 0. The maximum Gasteiger partial charge on any atom is 0.349 e. The number of halogens is 1. The smallest absolute Gasteiger partial charge is 0.293 e. The monoisotopic (exact) mass is 351 g/mol. The second kappa shape index (κ2) is 5.57. The van der Waals surface area contributed by atoms with E-state index < -0.39 is 11.2 Å². The molecule has 124 valence electrons. The zero-order valence-electron chi connectivity index (χ0n) is 13.6. The Morgan fingerprint density at radius 1 is 1.08 bits per heavy atom. The lowest BCUT2D eigenvalue weighted by Crippen LogP contribution is -2.27. The third-order valence-corrected chi connectivity index (χ3v) is 4.61. The van der Waals surface area contributed by atoms with Gasteiger partial charge in [0.05, 0.1) is 16.8 Å². The van der Waals surface area contributed by atoms with Crippen molar-refractivity contribution < 1.29 is 0 Å². The molecule has 2 aromatic rings. The maximum absolute atomic E-state index is 12.3. The summed E-state index contributed by atoms with van der Waals surface area (Å²) in [6.45, 7) is 3.99. The van der Waals surface area contributed by atoms with Crippen molar-refractivity contribution in [1.29, 1.82) is 0 Å². The topological polar surface area (TPSA) is 67.8 Å². The Bertz CT molecular complexity index is 1220. The number of rotatable bonds is 1. The van der Waals surface area contributed by atoms with Crippen LogP contribution in [0.1, 0.15) is 11.1 Å². The summed E-state index contributed by atoms with van der Waals surface area (Å²) < 4.78 is 1.82. The Morgan fingerprint density at radius 2 is 1.88 bits per heavy atom. The predicted molar refractivity (Wildman–Crippen MR) is 99.1 cm³/mol. The van der Waals surface area contributed by atoms with E-state index in [1.807, 2.05) is 48.7 Å². The van der Waals surface area contributed by atoms with Crippen LogP contribution in [-0.4, -0.2) is 14.5 Å². The van der Waals surface area contributed by atoms with Crippen molar-refractivity contribution in [1.82, 2.24) is 14.5 Å². The van der Waals surface area contributed by atoms with E-state index in [2.05, 4.69) is 9.97 Å². The number of hydrogen-bond acceptors (Lipinski definition) is 3. The standard InChI is InChI=1S/C19H14ClN3O2/c1-10-6-7-15(11(2)8-10)23-16-5-3-4-14(20)12(16)9-13-17(23)21-19(25)22-18(13)24/h3-9H,1-2H3,(H,22,24,25). The summed E-state index contributed by atoms with van der Waals surface area (Å²) in [5, 5.41) is 1.26. The second-order valence-corrected chi connectivity index (χ2v) is 6.46. The number of nitrogens with one attached hydrogen (secondary N) is 1. The van der Waals surface area contributed by atoms with Crippen LogP contribution in [0.15, 0.2) is 52.1 Å². The van der Waals surface area contributed by atoms with Gasteiger partial charge < -0.3 is 0 Å². The van der Waals surface area contributed by atoms with E-state index in [0.717, 1.165) is 27.7 Å². The Balaban J connectivity index is 2.29. The van der Waals surface area contributed by atoms with Crippen molar-refractivity contribution in [3.63, 3.8) is 0 Å². The van der Waals surface area contributed by atoms with E-state index in [-0.39, 0.29) is 0 Å². The molecule has 0 saturated carbocycles. The minimum atomic E-state index is -0.669. The average Bonchev–Trinajstić information content (AvgIpc) is 2.55. The minimum Gasteiger partial charge on any atom is -0.293 e. The van der Waals surface area contributed by atoms with E-state index in [9.17, 15) is 9.59 Å². The molecule has 0 spiro atoms. The number of nitrogens with zero attached hydrogens (tertiary/aromatic N) is 2. The summed E-state index contributed by atoms with van der Waals surface area (Å²) in [5.41, 5.74) is 2.94. The number of H-pyrrole nitrogens is 1. The summed E-state index contributed by atoms with van der Waals surface area (Å²) in [5.74, 6) is 0.315. The van der Waals surface area contributed by atoms with Crippen molar-refractivity contribution in [3.05, 3.63) is 79.5 Å². The molecule has 2 heterocycles. The van der Waals surface area contributed by atoms with Gasteiger partial charge >= 0.3 is 5.69 Å². The van der Waals surface area contributed by atoms with Crippen LogP contribution in [0.2, 0.25) is 5.02 Å². The molecule has 2 aromatic carbocycles. The first-order valence-electron chi connectivity index (χ1n) is 7.77. The van der Waals surface area contributed by atoms with Crippen molar-refractivity contribution in [3.8, 4) is 17.1 Å². The minimum absolute atomic E-state index is 0.315. The molecule has 0 aliphatic carbocycles. The zero-order chi connectivity index (χ0) is 17.7. The van der Waals surface area contributed by atoms with Crippen LogP contribution in [-0.2, 0) is 0 Å². The number of pyridine rings is 1. The Kier molecular flexibility index (Phi) is 3.47. The lowest BCUT2D eigenvalue weighted by atomic mass is 10.1. The van der Waals surface area contributed by atoms with Crippen LogP contribution >= 0.6 is 11.6 Å². The molecule has 5 nitrogen and oxygen atoms in total. The van der Waals surface area contributed by atoms with E-state index in [1.54, 1.807) is 12.1 Å². The van der Waals surface area contributed by atoms with Gasteiger partial charge in [0.25, 0.3) is 5.56 Å². The highest BCUT2D eigenvalue weighted by Gasteiger charge is 2.19. The molecule has 2 aliphatic heterocycles. The van der Waals surface area contributed by atoms with Gasteiger partial charge in [-0.2, -0.15) is 4.98 Å². The molecule has 2 aliphatic rings. The molecule has 25 heavy (non-hydrogen) atoms. The Hall–Kier alpha value is -2.92. The van der Waals surface area contributed by atoms with Gasteiger partial charge in [0.2, 0.25) is 0 Å². The van der Waals surface area contributed by atoms with Crippen molar-refractivity contribution in [2.45, 2.75) is 13.8 Å². The van der Waals surface area contributed by atoms with E-state index in [0.29, 0.717) is 16.4 Å².